The van der Waals surface area contributed by atoms with Gasteiger partial charge in [-0.15, -0.1) is 0 Å². The Morgan fingerprint density at radius 2 is 2.07 bits per heavy atom. The molecular weight excluding hydrogens is 614 g/mol. The van der Waals surface area contributed by atoms with Crippen LogP contribution in [0.3, 0.4) is 0 Å². The van der Waals surface area contributed by atoms with Gasteiger partial charge in [-0.3, -0.25) is 9.78 Å². The van der Waals surface area contributed by atoms with E-state index in [0.717, 1.165) is 33.5 Å². The second kappa shape index (κ2) is 13.3. The van der Waals surface area contributed by atoms with Crippen LogP contribution < -0.4 is 14.5 Å². The van der Waals surface area contributed by atoms with Gasteiger partial charge in [0.15, 0.2) is 0 Å². The Kier molecular flexibility index (Phi) is 9.25. The Hall–Kier alpha value is -4.08. The van der Waals surface area contributed by atoms with E-state index in [0.29, 0.717) is 63.9 Å². The molecule has 1 atom stereocenters. The molecule has 0 spiro atoms. The van der Waals surface area contributed by atoms with Gasteiger partial charge in [0, 0.05) is 74.6 Å². The highest BCUT2D eigenvalue weighted by molar-refractivity contribution is 6.36. The molecule has 4 heterocycles. The lowest BCUT2D eigenvalue weighted by Gasteiger charge is -2.41. The zero-order chi connectivity index (χ0) is 32.4. The van der Waals surface area contributed by atoms with Gasteiger partial charge >= 0.3 is 6.01 Å². The second-order valence-electron chi connectivity index (χ2n) is 12.3. The van der Waals surface area contributed by atoms with Crippen molar-refractivity contribution in [3.63, 3.8) is 0 Å². The van der Waals surface area contributed by atoms with Crippen LogP contribution in [0.15, 0.2) is 43.2 Å². The smallest absolute Gasteiger partial charge is 0.318 e. The average Bonchev–Trinajstić information content (AvgIpc) is 3.03. The van der Waals surface area contributed by atoms with Gasteiger partial charge in [-0.25, -0.2) is 15.4 Å². The predicted octanol–water partition coefficient (Wildman–Crippen LogP) is 4.72. The van der Waals surface area contributed by atoms with Crippen molar-refractivity contribution in [2.75, 3.05) is 69.3 Å². The summed E-state index contributed by atoms with van der Waals surface area (Å²) in [5.74, 6) is -1.98. The molecule has 6 rings (SSSR count). The Bertz CT molecular complexity index is 1650. The number of halogens is 3. The summed E-state index contributed by atoms with van der Waals surface area (Å²) in [6.07, 6.45) is 5.46. The van der Waals surface area contributed by atoms with E-state index < -0.39 is 5.92 Å². The Morgan fingerprint density at radius 1 is 1.24 bits per heavy atom. The topological polar surface area (TPSA) is 82.3 Å². The molecule has 1 saturated heterocycles. The number of fused-ring (bicyclic) bond motifs is 2. The van der Waals surface area contributed by atoms with Gasteiger partial charge in [0.05, 0.1) is 29.1 Å². The van der Waals surface area contributed by atoms with Gasteiger partial charge in [0.2, 0.25) is 18.4 Å². The standard InChI is InChI=1S/C33H37ClF2N8O2/c1-4-29(45)44-11-10-43(20-24(44)17-37-2)31-25-8-9-42(28-18-38-16-23-6-5-7-26(34)30(23)28)21-27(25)39-32(40-31)46-13-12-41(3)19-22-14-33(35,36)15-22/h4-7,16,18,22,24H,1,8-15,17,19-21H2,3H3/t24-/m0/s1. The number of benzene rings is 1. The van der Waals surface area contributed by atoms with E-state index in [-0.39, 0.29) is 43.3 Å². The second-order valence-corrected chi connectivity index (χ2v) is 12.7. The summed E-state index contributed by atoms with van der Waals surface area (Å²) in [6.45, 7) is 15.3. The lowest BCUT2D eigenvalue weighted by molar-refractivity contribution is -0.128. The van der Waals surface area contributed by atoms with Crippen molar-refractivity contribution in [1.29, 1.82) is 0 Å². The zero-order valence-electron chi connectivity index (χ0n) is 25.8. The monoisotopic (exact) mass is 650 g/mol. The summed E-state index contributed by atoms with van der Waals surface area (Å²) >= 11 is 6.66. The van der Waals surface area contributed by atoms with Crippen LogP contribution in [0.1, 0.15) is 24.1 Å². The highest BCUT2D eigenvalue weighted by atomic mass is 35.5. The van der Waals surface area contributed by atoms with E-state index in [2.05, 4.69) is 26.2 Å². The number of ether oxygens (including phenoxy) is 1. The average molecular weight is 651 g/mol. The largest absolute Gasteiger partial charge is 0.462 e. The lowest BCUT2D eigenvalue weighted by atomic mass is 9.81. The highest BCUT2D eigenvalue weighted by Gasteiger charge is 2.45. The molecule has 3 aromatic rings. The van der Waals surface area contributed by atoms with Gasteiger partial charge in [-0.1, -0.05) is 30.3 Å². The van der Waals surface area contributed by atoms with Crippen molar-refractivity contribution in [2.45, 2.75) is 37.8 Å². The number of hydrogen-bond donors (Lipinski definition) is 0. The van der Waals surface area contributed by atoms with Gasteiger partial charge in [-0.05, 0) is 31.5 Å². The first-order valence-electron chi connectivity index (χ1n) is 15.5. The zero-order valence-corrected chi connectivity index (χ0v) is 26.6. The molecule has 2 aliphatic heterocycles. The molecule has 242 valence electrons. The molecule has 0 radical (unpaired) electrons. The summed E-state index contributed by atoms with van der Waals surface area (Å²) in [5.41, 5.74) is 2.76. The quantitative estimate of drug-likeness (QED) is 0.230. The summed E-state index contributed by atoms with van der Waals surface area (Å²) in [4.78, 5) is 38.4. The number of rotatable bonds is 10. The summed E-state index contributed by atoms with van der Waals surface area (Å²) in [6, 6.07) is 5.71. The number of nitrogens with zero attached hydrogens (tertiary/aromatic N) is 8. The SMILES string of the molecule is [C-]#[N+]C[C@H]1CN(c2nc(OCCN(C)CC3CC(F)(F)C3)nc3c2CCN(c2cncc4cccc(Cl)c24)C3)CCN1C(=O)C=C. The Balaban J connectivity index is 1.26. The minimum atomic E-state index is -2.53. The van der Waals surface area contributed by atoms with Crippen LogP contribution >= 0.6 is 11.6 Å². The number of amides is 1. The predicted molar refractivity (Wildman–Crippen MR) is 174 cm³/mol. The summed E-state index contributed by atoms with van der Waals surface area (Å²) in [7, 11) is 1.90. The van der Waals surface area contributed by atoms with Crippen molar-refractivity contribution < 1.29 is 18.3 Å². The van der Waals surface area contributed by atoms with Crippen LogP contribution in [0.4, 0.5) is 20.3 Å². The molecule has 1 aliphatic carbocycles. The third-order valence-electron chi connectivity index (χ3n) is 9.07. The first kappa shape index (κ1) is 31.9. The number of piperazine rings is 1. The number of carbonyl (C=O) groups excluding carboxylic acids is 1. The molecule has 0 unspecified atom stereocenters. The van der Waals surface area contributed by atoms with Gasteiger partial charge in [-0.2, -0.15) is 9.97 Å². The first-order valence-corrected chi connectivity index (χ1v) is 15.9. The molecule has 13 heteroatoms. The maximum Gasteiger partial charge on any atom is 0.318 e. The third kappa shape index (κ3) is 6.71. The van der Waals surface area contributed by atoms with E-state index >= 15 is 0 Å². The number of alkyl halides is 2. The van der Waals surface area contributed by atoms with Crippen LogP contribution in [0.2, 0.25) is 5.02 Å². The molecule has 46 heavy (non-hydrogen) atoms. The Morgan fingerprint density at radius 3 is 2.83 bits per heavy atom. The summed E-state index contributed by atoms with van der Waals surface area (Å²) in [5, 5.41) is 2.54. The van der Waals surface area contributed by atoms with Crippen LogP contribution in [-0.2, 0) is 17.8 Å². The van der Waals surface area contributed by atoms with Crippen LogP contribution in [0.5, 0.6) is 6.01 Å². The number of pyridine rings is 1. The molecule has 1 amide bonds. The summed E-state index contributed by atoms with van der Waals surface area (Å²) < 4.78 is 32.7. The maximum absolute atomic E-state index is 13.3. The Labute approximate surface area is 272 Å². The van der Waals surface area contributed by atoms with Gasteiger partial charge < -0.3 is 29.2 Å². The molecule has 0 N–H and O–H groups in total. The number of likely N-dealkylation sites (N-methyl/N-ethyl adjacent to an activating group) is 1. The number of carbonyl (C=O) groups is 1. The number of anilines is 2. The number of hydrogen-bond acceptors (Lipinski definition) is 8. The van der Waals surface area contributed by atoms with Gasteiger partial charge in [0.1, 0.15) is 18.5 Å². The van der Waals surface area contributed by atoms with Crippen molar-refractivity contribution in [3.05, 3.63) is 70.9 Å². The third-order valence-corrected chi connectivity index (χ3v) is 9.38. The fraction of sp³-hybridized carbons (Fsp3) is 0.485. The van der Waals surface area contributed by atoms with Crippen LogP contribution in [0, 0.1) is 12.5 Å². The van der Waals surface area contributed by atoms with Gasteiger partial charge in [0.25, 0.3) is 0 Å². The molecule has 1 aromatic carbocycles. The van der Waals surface area contributed by atoms with E-state index in [1.54, 1.807) is 11.1 Å². The molecule has 10 nitrogen and oxygen atoms in total. The van der Waals surface area contributed by atoms with Crippen molar-refractivity contribution in [1.82, 2.24) is 24.8 Å². The molecule has 0 bridgehead atoms. The van der Waals surface area contributed by atoms with Crippen LogP contribution in [-0.4, -0.2) is 102 Å². The minimum Gasteiger partial charge on any atom is -0.462 e. The minimum absolute atomic E-state index is 0.00956. The molecule has 2 fully saturated rings. The highest BCUT2D eigenvalue weighted by Crippen LogP contribution is 2.42. The normalized spacial score (nSPS) is 19.5. The van der Waals surface area contributed by atoms with Crippen molar-refractivity contribution >= 4 is 39.8 Å². The maximum atomic E-state index is 13.3. The fourth-order valence-electron chi connectivity index (χ4n) is 6.79. The van der Waals surface area contributed by atoms with E-state index in [9.17, 15) is 13.6 Å². The molecule has 3 aliphatic rings. The van der Waals surface area contributed by atoms with E-state index in [4.69, 9.17) is 32.9 Å². The van der Waals surface area contributed by atoms with E-state index in [1.165, 1.54) is 6.08 Å². The molecular formula is C33H37ClF2N8O2. The molecule has 1 saturated carbocycles. The van der Waals surface area contributed by atoms with Crippen LogP contribution in [0.25, 0.3) is 15.6 Å². The number of aromatic nitrogens is 3. The fourth-order valence-corrected chi connectivity index (χ4v) is 7.07. The first-order chi connectivity index (χ1) is 22.2. The molecule has 2 aromatic heterocycles. The lowest BCUT2D eigenvalue weighted by Crippen LogP contribution is -2.56. The van der Waals surface area contributed by atoms with Crippen molar-refractivity contribution in [3.8, 4) is 6.01 Å². The van der Waals surface area contributed by atoms with E-state index in [1.807, 2.05) is 36.3 Å². The van der Waals surface area contributed by atoms with Crippen molar-refractivity contribution in [2.24, 2.45) is 5.92 Å².